The highest BCUT2D eigenvalue weighted by Crippen LogP contribution is 2.23. The third-order valence-corrected chi connectivity index (χ3v) is 3.88. The lowest BCUT2D eigenvalue weighted by Gasteiger charge is -2.18. The van der Waals surface area contributed by atoms with Gasteiger partial charge in [0, 0.05) is 26.1 Å². The number of carbonyl (C=O) groups excluding carboxylic acids is 1. The molecular formula is C15H22N2O. The summed E-state index contributed by atoms with van der Waals surface area (Å²) in [5.41, 5.74) is 9.24. The number of likely N-dealkylation sites (tertiary alicyclic amines) is 1. The minimum absolute atomic E-state index is 0.296. The Hall–Kier alpha value is -1.35. The van der Waals surface area contributed by atoms with Gasteiger partial charge in [0.25, 0.3) is 0 Å². The molecular weight excluding hydrogens is 224 g/mol. The van der Waals surface area contributed by atoms with E-state index in [9.17, 15) is 4.79 Å². The first-order valence-electron chi connectivity index (χ1n) is 6.70. The molecule has 98 valence electrons. The van der Waals surface area contributed by atoms with Crippen LogP contribution >= 0.6 is 0 Å². The molecule has 0 aromatic heterocycles. The summed E-state index contributed by atoms with van der Waals surface area (Å²) in [6.07, 6.45) is 1.81. The van der Waals surface area contributed by atoms with E-state index in [1.807, 2.05) is 4.90 Å². The van der Waals surface area contributed by atoms with Gasteiger partial charge >= 0.3 is 0 Å². The molecule has 18 heavy (non-hydrogen) atoms. The van der Waals surface area contributed by atoms with E-state index >= 15 is 0 Å². The molecule has 1 aromatic rings. The van der Waals surface area contributed by atoms with E-state index in [0.29, 0.717) is 18.4 Å². The zero-order valence-corrected chi connectivity index (χ0v) is 11.3. The summed E-state index contributed by atoms with van der Waals surface area (Å²) in [6, 6.07) is 6.28. The largest absolute Gasteiger partial charge is 0.338 e. The van der Waals surface area contributed by atoms with Crippen molar-refractivity contribution >= 4 is 5.91 Å². The molecule has 1 saturated heterocycles. The van der Waals surface area contributed by atoms with Crippen LogP contribution in [0.5, 0.6) is 0 Å². The molecule has 1 aliphatic rings. The maximum absolute atomic E-state index is 11.9. The Bertz CT molecular complexity index is 442. The highest BCUT2D eigenvalue weighted by atomic mass is 16.2. The fourth-order valence-corrected chi connectivity index (χ4v) is 2.55. The number of aryl methyl sites for hydroxylation is 1. The number of amides is 1. The van der Waals surface area contributed by atoms with Gasteiger partial charge in [-0.05, 0) is 29.5 Å². The molecule has 1 atom stereocenters. The van der Waals surface area contributed by atoms with Crippen molar-refractivity contribution in [3.05, 3.63) is 34.9 Å². The molecule has 1 amide bonds. The quantitative estimate of drug-likeness (QED) is 0.885. The van der Waals surface area contributed by atoms with Gasteiger partial charge in [0.2, 0.25) is 5.91 Å². The van der Waals surface area contributed by atoms with Crippen LogP contribution in [-0.4, -0.2) is 17.4 Å². The van der Waals surface area contributed by atoms with Crippen LogP contribution in [0.15, 0.2) is 18.2 Å². The molecule has 1 unspecified atom stereocenters. The van der Waals surface area contributed by atoms with Crippen molar-refractivity contribution in [3.8, 4) is 0 Å². The Morgan fingerprint density at radius 3 is 2.78 bits per heavy atom. The Kier molecular flexibility index (Phi) is 4.02. The molecule has 1 aromatic carbocycles. The van der Waals surface area contributed by atoms with Gasteiger partial charge < -0.3 is 10.6 Å². The Labute approximate surface area is 109 Å². The van der Waals surface area contributed by atoms with Crippen LogP contribution < -0.4 is 5.73 Å². The summed E-state index contributed by atoms with van der Waals surface area (Å²) in [7, 11) is 0. The average Bonchev–Trinajstić information content (AvgIpc) is 2.72. The minimum Gasteiger partial charge on any atom is -0.338 e. The van der Waals surface area contributed by atoms with Gasteiger partial charge in [-0.15, -0.1) is 0 Å². The Morgan fingerprint density at radius 2 is 2.22 bits per heavy atom. The van der Waals surface area contributed by atoms with Gasteiger partial charge in [-0.25, -0.2) is 0 Å². The summed E-state index contributed by atoms with van der Waals surface area (Å²) >= 11 is 0. The fourth-order valence-electron chi connectivity index (χ4n) is 2.55. The molecule has 1 heterocycles. The normalized spacial score (nSPS) is 19.6. The lowest BCUT2D eigenvalue weighted by atomic mass is 10.0. The second-order valence-electron chi connectivity index (χ2n) is 5.22. The Morgan fingerprint density at radius 1 is 1.44 bits per heavy atom. The van der Waals surface area contributed by atoms with Crippen LogP contribution in [0.25, 0.3) is 0 Å². The second kappa shape index (κ2) is 5.53. The van der Waals surface area contributed by atoms with Crippen molar-refractivity contribution in [1.29, 1.82) is 0 Å². The van der Waals surface area contributed by atoms with Gasteiger partial charge in [-0.2, -0.15) is 0 Å². The van der Waals surface area contributed by atoms with Crippen molar-refractivity contribution in [2.45, 2.75) is 39.8 Å². The number of rotatable bonds is 4. The molecule has 2 rings (SSSR count). The first-order chi connectivity index (χ1) is 8.63. The minimum atomic E-state index is 0.296. The molecule has 2 N–H and O–H groups in total. The topological polar surface area (TPSA) is 46.3 Å². The molecule has 0 saturated carbocycles. The van der Waals surface area contributed by atoms with E-state index in [2.05, 4.69) is 32.0 Å². The number of nitrogens with zero attached hydrogens (tertiary/aromatic N) is 1. The first-order valence-corrected chi connectivity index (χ1v) is 6.70. The third-order valence-electron chi connectivity index (χ3n) is 3.88. The molecule has 1 fully saturated rings. The van der Waals surface area contributed by atoms with Gasteiger partial charge in [0.15, 0.2) is 0 Å². The lowest BCUT2D eigenvalue weighted by Crippen LogP contribution is -2.25. The van der Waals surface area contributed by atoms with Crippen LogP contribution in [0.2, 0.25) is 0 Å². The molecule has 0 bridgehead atoms. The van der Waals surface area contributed by atoms with Crippen molar-refractivity contribution in [2.75, 3.05) is 6.54 Å². The number of nitrogens with two attached hydrogens (primary N) is 1. The van der Waals surface area contributed by atoms with E-state index < -0.39 is 0 Å². The third kappa shape index (κ3) is 2.72. The second-order valence-corrected chi connectivity index (χ2v) is 5.22. The van der Waals surface area contributed by atoms with Crippen LogP contribution in [0.4, 0.5) is 0 Å². The maximum atomic E-state index is 11.9. The summed E-state index contributed by atoms with van der Waals surface area (Å²) in [6.45, 7) is 6.47. The summed E-state index contributed by atoms with van der Waals surface area (Å²) in [5, 5.41) is 0. The smallest absolute Gasteiger partial charge is 0.223 e. The summed E-state index contributed by atoms with van der Waals surface area (Å²) in [5.74, 6) is 0.838. The molecule has 3 heteroatoms. The molecule has 0 aliphatic carbocycles. The first kappa shape index (κ1) is 13.1. The highest BCUT2D eigenvalue weighted by Gasteiger charge is 2.28. The highest BCUT2D eigenvalue weighted by molar-refractivity contribution is 5.78. The number of hydrogen-bond donors (Lipinski definition) is 1. The molecule has 0 spiro atoms. The summed E-state index contributed by atoms with van der Waals surface area (Å²) < 4.78 is 0. The van der Waals surface area contributed by atoms with Crippen molar-refractivity contribution in [1.82, 2.24) is 4.90 Å². The Balaban J connectivity index is 2.08. The van der Waals surface area contributed by atoms with Crippen LogP contribution in [0, 0.1) is 12.8 Å². The van der Waals surface area contributed by atoms with Crippen molar-refractivity contribution in [2.24, 2.45) is 11.7 Å². The fraction of sp³-hybridized carbons (Fsp3) is 0.533. The van der Waals surface area contributed by atoms with E-state index in [4.69, 9.17) is 5.73 Å². The van der Waals surface area contributed by atoms with Crippen molar-refractivity contribution < 1.29 is 4.79 Å². The van der Waals surface area contributed by atoms with Crippen LogP contribution in [0.1, 0.15) is 36.5 Å². The zero-order valence-electron chi connectivity index (χ0n) is 11.3. The molecule has 1 aliphatic heterocycles. The average molecular weight is 246 g/mol. The SMILES string of the molecule is CCC1CC(=O)N(Cc2ccc(CN)cc2C)C1. The lowest BCUT2D eigenvalue weighted by molar-refractivity contribution is -0.128. The van der Waals surface area contributed by atoms with Gasteiger partial charge in [-0.3, -0.25) is 4.79 Å². The maximum Gasteiger partial charge on any atom is 0.223 e. The van der Waals surface area contributed by atoms with E-state index in [-0.39, 0.29) is 0 Å². The predicted octanol–water partition coefficient (Wildman–Crippen LogP) is 2.21. The molecule has 3 nitrogen and oxygen atoms in total. The van der Waals surface area contributed by atoms with E-state index in [0.717, 1.165) is 31.5 Å². The number of hydrogen-bond acceptors (Lipinski definition) is 2. The van der Waals surface area contributed by atoms with Gasteiger partial charge in [-0.1, -0.05) is 31.5 Å². The zero-order chi connectivity index (χ0) is 13.1. The number of carbonyl (C=O) groups is 1. The number of benzene rings is 1. The van der Waals surface area contributed by atoms with Crippen LogP contribution in [0.3, 0.4) is 0 Å². The van der Waals surface area contributed by atoms with Crippen molar-refractivity contribution in [3.63, 3.8) is 0 Å². The molecule has 0 radical (unpaired) electrons. The van der Waals surface area contributed by atoms with E-state index in [1.165, 1.54) is 11.1 Å². The summed E-state index contributed by atoms with van der Waals surface area (Å²) in [4.78, 5) is 13.9. The van der Waals surface area contributed by atoms with E-state index in [1.54, 1.807) is 0 Å². The standard InChI is InChI=1S/C15H22N2O/c1-3-12-7-15(18)17(9-12)10-14-5-4-13(8-16)6-11(14)2/h4-6,12H,3,7-10,16H2,1-2H3. The predicted molar refractivity (Wildman–Crippen MR) is 72.9 cm³/mol. The van der Waals surface area contributed by atoms with Crippen LogP contribution in [-0.2, 0) is 17.9 Å². The monoisotopic (exact) mass is 246 g/mol. The van der Waals surface area contributed by atoms with Gasteiger partial charge in [0.05, 0.1) is 0 Å². The van der Waals surface area contributed by atoms with Gasteiger partial charge in [0.1, 0.15) is 0 Å².